The maximum atomic E-state index is 12.0. The molecule has 1 amide bonds. The van der Waals surface area contributed by atoms with Gasteiger partial charge in [0.25, 0.3) is 0 Å². The quantitative estimate of drug-likeness (QED) is 0.419. The number of unbranched alkanes of at least 4 members (excludes halogenated alkanes) is 1. The molecule has 0 aromatic heterocycles. The fourth-order valence-corrected chi connectivity index (χ4v) is 1.48. The number of esters is 2. The number of nitrogens with one attached hydrogen (secondary N) is 1. The van der Waals surface area contributed by atoms with Crippen LogP contribution in [0, 0.1) is 0 Å². The summed E-state index contributed by atoms with van der Waals surface area (Å²) in [6, 6.07) is -0.939. The molecule has 0 aromatic rings. The average molecular weight is 317 g/mol. The van der Waals surface area contributed by atoms with E-state index < -0.39 is 29.7 Å². The molecule has 0 saturated heterocycles. The second-order valence-electron chi connectivity index (χ2n) is 5.83. The Morgan fingerprint density at radius 3 is 2.32 bits per heavy atom. The van der Waals surface area contributed by atoms with Crippen molar-refractivity contribution in [3.63, 3.8) is 0 Å². The SMILES string of the molecule is CCCCOC(=O)[C@H](CCC(=O)OC)NC(=O)OC(C)(C)C. The zero-order valence-electron chi connectivity index (χ0n) is 14.1. The molecule has 0 spiro atoms. The van der Waals surface area contributed by atoms with Gasteiger partial charge < -0.3 is 19.5 Å². The summed E-state index contributed by atoms with van der Waals surface area (Å²) in [7, 11) is 1.26. The van der Waals surface area contributed by atoms with E-state index in [-0.39, 0.29) is 19.4 Å². The molecule has 0 saturated carbocycles. The van der Waals surface area contributed by atoms with Gasteiger partial charge >= 0.3 is 18.0 Å². The minimum atomic E-state index is -0.939. The molecule has 0 unspecified atom stereocenters. The normalized spacial score (nSPS) is 12.2. The van der Waals surface area contributed by atoms with Crippen molar-refractivity contribution < 1.29 is 28.6 Å². The standard InChI is InChI=1S/C15H27NO6/c1-6-7-10-21-13(18)11(8-9-12(17)20-5)16-14(19)22-15(2,3)4/h11H,6-10H2,1-5H3,(H,16,19)/t11-/m0/s1. The average Bonchev–Trinajstić information content (AvgIpc) is 2.41. The van der Waals surface area contributed by atoms with E-state index in [4.69, 9.17) is 9.47 Å². The van der Waals surface area contributed by atoms with Crippen molar-refractivity contribution in [2.45, 2.75) is 65.0 Å². The molecule has 0 aromatic carbocycles. The van der Waals surface area contributed by atoms with Gasteiger partial charge in [-0.2, -0.15) is 0 Å². The van der Waals surface area contributed by atoms with Gasteiger partial charge in [-0.05, 0) is 33.6 Å². The van der Waals surface area contributed by atoms with Gasteiger partial charge in [-0.15, -0.1) is 0 Å². The lowest BCUT2D eigenvalue weighted by Crippen LogP contribution is -2.44. The highest BCUT2D eigenvalue weighted by Gasteiger charge is 2.26. The van der Waals surface area contributed by atoms with E-state index in [9.17, 15) is 14.4 Å². The number of rotatable bonds is 8. The molecule has 0 aliphatic heterocycles. The molecule has 22 heavy (non-hydrogen) atoms. The van der Waals surface area contributed by atoms with Crippen molar-refractivity contribution in [1.82, 2.24) is 5.32 Å². The Hall–Kier alpha value is -1.79. The Morgan fingerprint density at radius 1 is 1.18 bits per heavy atom. The van der Waals surface area contributed by atoms with E-state index in [1.54, 1.807) is 20.8 Å². The second kappa shape index (κ2) is 10.0. The summed E-state index contributed by atoms with van der Waals surface area (Å²) >= 11 is 0. The van der Waals surface area contributed by atoms with Crippen molar-refractivity contribution in [3.05, 3.63) is 0 Å². The van der Waals surface area contributed by atoms with E-state index in [0.29, 0.717) is 0 Å². The third-order valence-corrected chi connectivity index (χ3v) is 2.58. The Labute approximate surface area is 131 Å². The summed E-state index contributed by atoms with van der Waals surface area (Å²) in [4.78, 5) is 34.9. The van der Waals surface area contributed by atoms with Crippen molar-refractivity contribution in [1.29, 1.82) is 0 Å². The first-order chi connectivity index (χ1) is 10.2. The molecule has 0 heterocycles. The largest absolute Gasteiger partial charge is 0.469 e. The number of amides is 1. The molecule has 1 atom stereocenters. The summed E-state index contributed by atoms with van der Waals surface area (Å²) in [6.45, 7) is 7.41. The predicted octanol–water partition coefficient (Wildman–Crippen LogP) is 2.18. The van der Waals surface area contributed by atoms with Crippen LogP contribution >= 0.6 is 0 Å². The first kappa shape index (κ1) is 20.2. The van der Waals surface area contributed by atoms with E-state index in [1.807, 2.05) is 6.92 Å². The molecule has 7 heteroatoms. The lowest BCUT2D eigenvalue weighted by Gasteiger charge is -2.22. The summed E-state index contributed by atoms with van der Waals surface area (Å²) in [6.07, 6.45) is 0.993. The van der Waals surface area contributed by atoms with Crippen molar-refractivity contribution in [2.24, 2.45) is 0 Å². The highest BCUT2D eigenvalue weighted by Crippen LogP contribution is 2.09. The highest BCUT2D eigenvalue weighted by atomic mass is 16.6. The second-order valence-corrected chi connectivity index (χ2v) is 5.83. The number of hydrogen-bond donors (Lipinski definition) is 1. The fraction of sp³-hybridized carbons (Fsp3) is 0.800. The molecular weight excluding hydrogens is 290 g/mol. The number of methoxy groups -OCH3 is 1. The molecule has 7 nitrogen and oxygen atoms in total. The van der Waals surface area contributed by atoms with E-state index in [1.165, 1.54) is 7.11 Å². The third-order valence-electron chi connectivity index (χ3n) is 2.58. The molecule has 0 fully saturated rings. The molecular formula is C15H27NO6. The number of carbonyl (C=O) groups excluding carboxylic acids is 3. The molecule has 0 aliphatic rings. The summed E-state index contributed by atoms with van der Waals surface area (Å²) < 4.78 is 14.7. The van der Waals surface area contributed by atoms with E-state index in [2.05, 4.69) is 10.1 Å². The van der Waals surface area contributed by atoms with Crippen LogP contribution in [-0.2, 0) is 23.8 Å². The van der Waals surface area contributed by atoms with E-state index >= 15 is 0 Å². The minimum Gasteiger partial charge on any atom is -0.469 e. The Morgan fingerprint density at radius 2 is 1.82 bits per heavy atom. The Bertz CT molecular complexity index is 375. The summed E-state index contributed by atoms with van der Waals surface area (Å²) in [5, 5.41) is 2.44. The summed E-state index contributed by atoms with van der Waals surface area (Å²) in [5.74, 6) is -1.04. The molecule has 0 radical (unpaired) electrons. The number of alkyl carbamates (subject to hydrolysis) is 1. The molecule has 0 aliphatic carbocycles. The Balaban J connectivity index is 4.59. The van der Waals surface area contributed by atoms with Gasteiger partial charge in [-0.25, -0.2) is 9.59 Å². The number of ether oxygens (including phenoxy) is 3. The maximum absolute atomic E-state index is 12.0. The predicted molar refractivity (Wildman–Crippen MR) is 80.3 cm³/mol. The molecule has 1 N–H and O–H groups in total. The first-order valence-corrected chi connectivity index (χ1v) is 7.42. The van der Waals surface area contributed by atoms with Gasteiger partial charge in [0, 0.05) is 6.42 Å². The lowest BCUT2D eigenvalue weighted by atomic mass is 10.1. The lowest BCUT2D eigenvalue weighted by molar-refractivity contribution is -0.147. The summed E-state index contributed by atoms with van der Waals surface area (Å²) in [5.41, 5.74) is -0.677. The van der Waals surface area contributed by atoms with Crippen LogP contribution in [0.5, 0.6) is 0 Å². The molecule has 0 rings (SSSR count). The van der Waals surface area contributed by atoms with Crippen LogP contribution < -0.4 is 5.32 Å². The topological polar surface area (TPSA) is 90.9 Å². The van der Waals surface area contributed by atoms with Gasteiger partial charge in [0.15, 0.2) is 0 Å². The van der Waals surface area contributed by atoms with Crippen LogP contribution in [0.3, 0.4) is 0 Å². The zero-order valence-corrected chi connectivity index (χ0v) is 14.1. The van der Waals surface area contributed by atoms with Crippen LogP contribution in [0.1, 0.15) is 53.4 Å². The van der Waals surface area contributed by atoms with Crippen LogP contribution in [0.15, 0.2) is 0 Å². The van der Waals surface area contributed by atoms with Crippen molar-refractivity contribution in [3.8, 4) is 0 Å². The van der Waals surface area contributed by atoms with Gasteiger partial charge in [-0.3, -0.25) is 4.79 Å². The van der Waals surface area contributed by atoms with Crippen molar-refractivity contribution >= 4 is 18.0 Å². The monoisotopic (exact) mass is 317 g/mol. The van der Waals surface area contributed by atoms with E-state index in [0.717, 1.165) is 12.8 Å². The van der Waals surface area contributed by atoms with Crippen LogP contribution in [-0.4, -0.2) is 43.4 Å². The van der Waals surface area contributed by atoms with Crippen molar-refractivity contribution in [2.75, 3.05) is 13.7 Å². The molecule has 128 valence electrons. The number of hydrogen-bond acceptors (Lipinski definition) is 6. The van der Waals surface area contributed by atoms with Crippen LogP contribution in [0.2, 0.25) is 0 Å². The smallest absolute Gasteiger partial charge is 0.408 e. The third kappa shape index (κ3) is 10.0. The maximum Gasteiger partial charge on any atom is 0.408 e. The van der Waals surface area contributed by atoms with Crippen LogP contribution in [0.25, 0.3) is 0 Å². The van der Waals surface area contributed by atoms with Gasteiger partial charge in [0.05, 0.1) is 13.7 Å². The fourth-order valence-electron chi connectivity index (χ4n) is 1.48. The number of carbonyl (C=O) groups is 3. The zero-order chi connectivity index (χ0) is 17.2. The molecule has 0 bridgehead atoms. The Kier molecular flexibility index (Phi) is 9.21. The van der Waals surface area contributed by atoms with Gasteiger partial charge in [0.1, 0.15) is 11.6 Å². The van der Waals surface area contributed by atoms with Gasteiger partial charge in [0.2, 0.25) is 0 Å². The first-order valence-electron chi connectivity index (χ1n) is 7.42. The van der Waals surface area contributed by atoms with Crippen LogP contribution in [0.4, 0.5) is 4.79 Å². The van der Waals surface area contributed by atoms with Gasteiger partial charge in [-0.1, -0.05) is 13.3 Å². The minimum absolute atomic E-state index is 0.000156. The highest BCUT2D eigenvalue weighted by molar-refractivity contribution is 5.82.